The first-order chi connectivity index (χ1) is 12.0. The minimum Gasteiger partial charge on any atom is -0.346 e. The third kappa shape index (κ3) is 5.05. The fraction of sp³-hybridized carbons (Fsp3) is 0.632. The van der Waals surface area contributed by atoms with Crippen LogP contribution in [-0.2, 0) is 14.8 Å². The lowest BCUT2D eigenvalue weighted by atomic mass is 10.0. The summed E-state index contributed by atoms with van der Waals surface area (Å²) in [5.41, 5.74) is 1.50. The second-order valence-electron chi connectivity index (χ2n) is 7.89. The van der Waals surface area contributed by atoms with Gasteiger partial charge in [0, 0.05) is 5.54 Å². The molecular formula is C19H32N3O3S+. The van der Waals surface area contributed by atoms with E-state index in [-0.39, 0.29) is 11.4 Å². The summed E-state index contributed by atoms with van der Waals surface area (Å²) >= 11 is 0. The van der Waals surface area contributed by atoms with Crippen molar-refractivity contribution in [1.29, 1.82) is 0 Å². The predicted molar refractivity (Wildman–Crippen MR) is 103 cm³/mol. The van der Waals surface area contributed by atoms with Crippen molar-refractivity contribution >= 4 is 15.9 Å². The van der Waals surface area contributed by atoms with Crippen LogP contribution in [-0.4, -0.2) is 56.9 Å². The van der Waals surface area contributed by atoms with E-state index in [2.05, 4.69) is 5.32 Å². The van der Waals surface area contributed by atoms with Crippen molar-refractivity contribution in [2.75, 3.05) is 32.7 Å². The molecule has 146 valence electrons. The third-order valence-corrected chi connectivity index (χ3v) is 7.20. The zero-order valence-corrected chi connectivity index (χ0v) is 17.4. The van der Waals surface area contributed by atoms with Crippen molar-refractivity contribution < 1.29 is 18.1 Å². The van der Waals surface area contributed by atoms with Crippen molar-refractivity contribution in [2.24, 2.45) is 0 Å². The summed E-state index contributed by atoms with van der Waals surface area (Å²) in [7, 11) is -3.48. The normalized spacial score (nSPS) is 17.3. The number of nitrogens with one attached hydrogen (secondary N) is 2. The molecule has 0 bridgehead atoms. The van der Waals surface area contributed by atoms with Crippen LogP contribution in [0.1, 0.15) is 38.3 Å². The van der Waals surface area contributed by atoms with Crippen molar-refractivity contribution in [3.8, 4) is 0 Å². The van der Waals surface area contributed by atoms with Crippen LogP contribution in [0.2, 0.25) is 0 Å². The van der Waals surface area contributed by atoms with E-state index in [9.17, 15) is 13.2 Å². The number of sulfonamides is 1. The largest absolute Gasteiger partial charge is 0.346 e. The van der Waals surface area contributed by atoms with Gasteiger partial charge in [0.2, 0.25) is 10.0 Å². The standard InChI is InChI=1S/C19H31N3O3S/c1-6-19(4,5)20-18(23)14-21-9-11-22(12-10-21)26(24,25)17-13-15(2)7-8-16(17)3/h7-8,13H,6,9-12,14H2,1-5H3,(H,20,23)/p+1. The molecule has 2 rings (SSSR count). The topological polar surface area (TPSA) is 70.9 Å². The van der Waals surface area contributed by atoms with Gasteiger partial charge in [-0.2, -0.15) is 4.31 Å². The molecule has 1 aromatic carbocycles. The third-order valence-electron chi connectivity index (χ3n) is 5.16. The maximum Gasteiger partial charge on any atom is 0.275 e. The highest BCUT2D eigenvalue weighted by atomic mass is 32.2. The molecular weight excluding hydrogens is 350 g/mol. The lowest BCUT2D eigenvalue weighted by Gasteiger charge is -2.32. The number of piperazine rings is 1. The van der Waals surface area contributed by atoms with Crippen LogP contribution in [0.15, 0.2) is 23.1 Å². The van der Waals surface area contributed by atoms with E-state index in [0.29, 0.717) is 37.6 Å². The quantitative estimate of drug-likeness (QED) is 0.753. The highest BCUT2D eigenvalue weighted by molar-refractivity contribution is 7.89. The average Bonchev–Trinajstić information content (AvgIpc) is 2.57. The summed E-state index contributed by atoms with van der Waals surface area (Å²) in [5, 5.41) is 3.04. The van der Waals surface area contributed by atoms with Gasteiger partial charge in [0.05, 0.1) is 31.1 Å². The number of carbonyl (C=O) groups excluding carboxylic acids is 1. The number of aryl methyl sites for hydroxylation is 2. The highest BCUT2D eigenvalue weighted by Crippen LogP contribution is 2.21. The minimum absolute atomic E-state index is 0.0256. The molecule has 7 heteroatoms. The molecule has 26 heavy (non-hydrogen) atoms. The number of hydrogen-bond donors (Lipinski definition) is 2. The number of amides is 1. The predicted octanol–water partition coefficient (Wildman–Crippen LogP) is 0.497. The number of rotatable bonds is 6. The summed E-state index contributed by atoms with van der Waals surface area (Å²) < 4.78 is 27.5. The first kappa shape index (κ1) is 20.9. The molecule has 0 saturated carbocycles. The van der Waals surface area contributed by atoms with Crippen molar-refractivity contribution in [2.45, 2.75) is 51.5 Å². The molecule has 0 unspecified atom stereocenters. The van der Waals surface area contributed by atoms with Gasteiger partial charge in [-0.05, 0) is 51.3 Å². The summed E-state index contributed by atoms with van der Waals surface area (Å²) in [6.07, 6.45) is 0.871. The molecule has 1 fully saturated rings. The van der Waals surface area contributed by atoms with E-state index in [1.165, 1.54) is 0 Å². The van der Waals surface area contributed by atoms with Crippen LogP contribution in [0, 0.1) is 13.8 Å². The van der Waals surface area contributed by atoms with E-state index in [0.717, 1.165) is 22.4 Å². The molecule has 0 aromatic heterocycles. The Balaban J connectivity index is 1.97. The lowest BCUT2D eigenvalue weighted by molar-refractivity contribution is -0.895. The molecule has 6 nitrogen and oxygen atoms in total. The van der Waals surface area contributed by atoms with Gasteiger partial charge in [0.1, 0.15) is 0 Å². The van der Waals surface area contributed by atoms with Crippen LogP contribution in [0.3, 0.4) is 0 Å². The Morgan fingerprint density at radius 2 is 1.85 bits per heavy atom. The number of carbonyl (C=O) groups is 1. The molecule has 0 atom stereocenters. The fourth-order valence-electron chi connectivity index (χ4n) is 3.08. The van der Waals surface area contributed by atoms with Crippen molar-refractivity contribution in [3.05, 3.63) is 29.3 Å². The zero-order valence-electron chi connectivity index (χ0n) is 16.6. The molecule has 1 amide bonds. The SMILES string of the molecule is CCC(C)(C)NC(=O)C[NH+]1CCN(S(=O)(=O)c2cc(C)ccc2C)CC1. The van der Waals surface area contributed by atoms with Gasteiger partial charge < -0.3 is 10.2 Å². The Morgan fingerprint density at radius 1 is 1.23 bits per heavy atom. The summed E-state index contributed by atoms with van der Waals surface area (Å²) in [4.78, 5) is 13.7. The van der Waals surface area contributed by atoms with Crippen LogP contribution < -0.4 is 10.2 Å². The molecule has 0 spiro atoms. The summed E-state index contributed by atoms with van der Waals surface area (Å²) in [6, 6.07) is 5.51. The van der Waals surface area contributed by atoms with E-state index in [4.69, 9.17) is 0 Å². The Morgan fingerprint density at radius 3 is 2.42 bits per heavy atom. The maximum atomic E-state index is 13.0. The van der Waals surface area contributed by atoms with Crippen LogP contribution in [0.5, 0.6) is 0 Å². The van der Waals surface area contributed by atoms with E-state index < -0.39 is 10.0 Å². The van der Waals surface area contributed by atoms with Gasteiger partial charge in [-0.15, -0.1) is 0 Å². The van der Waals surface area contributed by atoms with E-state index >= 15 is 0 Å². The first-order valence-corrected chi connectivity index (χ1v) is 10.7. The molecule has 1 saturated heterocycles. The van der Waals surface area contributed by atoms with Crippen molar-refractivity contribution in [3.63, 3.8) is 0 Å². The van der Waals surface area contributed by atoms with Gasteiger partial charge >= 0.3 is 0 Å². The molecule has 0 radical (unpaired) electrons. The Hall–Kier alpha value is -1.44. The van der Waals surface area contributed by atoms with Gasteiger partial charge in [-0.25, -0.2) is 8.42 Å². The molecule has 1 aliphatic heterocycles. The lowest BCUT2D eigenvalue weighted by Crippen LogP contribution is -3.16. The van der Waals surface area contributed by atoms with E-state index in [1.807, 2.05) is 46.8 Å². The van der Waals surface area contributed by atoms with Gasteiger partial charge in [-0.1, -0.05) is 19.1 Å². The van der Waals surface area contributed by atoms with Crippen molar-refractivity contribution in [1.82, 2.24) is 9.62 Å². The minimum atomic E-state index is -3.48. The molecule has 2 N–H and O–H groups in total. The monoisotopic (exact) mass is 382 g/mol. The average molecular weight is 383 g/mol. The molecule has 1 aromatic rings. The summed E-state index contributed by atoms with van der Waals surface area (Å²) in [5.74, 6) is 0.0256. The summed E-state index contributed by atoms with van der Waals surface area (Å²) in [6.45, 7) is 12.3. The molecule has 0 aliphatic carbocycles. The Labute approximate surface area is 157 Å². The first-order valence-electron chi connectivity index (χ1n) is 9.27. The molecule has 1 aliphatic rings. The number of nitrogens with zero attached hydrogens (tertiary/aromatic N) is 1. The van der Waals surface area contributed by atoms with E-state index in [1.54, 1.807) is 10.4 Å². The second-order valence-corrected chi connectivity index (χ2v) is 9.79. The van der Waals surface area contributed by atoms with Gasteiger partial charge in [-0.3, -0.25) is 4.79 Å². The maximum absolute atomic E-state index is 13.0. The Bertz CT molecular complexity index is 751. The van der Waals surface area contributed by atoms with Crippen LogP contribution in [0.4, 0.5) is 0 Å². The fourth-order valence-corrected chi connectivity index (χ4v) is 4.83. The molecule has 1 heterocycles. The van der Waals surface area contributed by atoms with Gasteiger partial charge in [0.15, 0.2) is 6.54 Å². The smallest absolute Gasteiger partial charge is 0.275 e. The number of quaternary nitrogens is 1. The zero-order chi connectivity index (χ0) is 19.5. The van der Waals surface area contributed by atoms with Gasteiger partial charge in [0.25, 0.3) is 5.91 Å². The second kappa shape index (κ2) is 8.06. The van der Waals surface area contributed by atoms with Crippen LogP contribution in [0.25, 0.3) is 0 Å². The van der Waals surface area contributed by atoms with Crippen LogP contribution >= 0.6 is 0 Å². The number of benzene rings is 1. The number of hydrogen-bond acceptors (Lipinski definition) is 3. The Kier molecular flexibility index (Phi) is 6.47. The highest BCUT2D eigenvalue weighted by Gasteiger charge is 2.32.